The third kappa shape index (κ3) is 2.89. The summed E-state index contributed by atoms with van der Waals surface area (Å²) in [6.45, 7) is 4.62. The zero-order valence-electron chi connectivity index (χ0n) is 14.5. The lowest BCUT2D eigenvalue weighted by Crippen LogP contribution is -2.19. The molecule has 5 nitrogen and oxygen atoms in total. The minimum Gasteiger partial charge on any atom is -0.465 e. The number of nitrogens with one attached hydrogen (secondary N) is 1. The molecule has 1 amide bonds. The van der Waals surface area contributed by atoms with E-state index in [0.717, 1.165) is 16.5 Å². The monoisotopic (exact) mass is 336 g/mol. The molecule has 0 aliphatic heterocycles. The van der Waals surface area contributed by atoms with Crippen molar-refractivity contribution >= 4 is 28.5 Å². The largest absolute Gasteiger partial charge is 0.465 e. The zero-order valence-corrected chi connectivity index (χ0v) is 14.5. The van der Waals surface area contributed by atoms with Gasteiger partial charge in [-0.15, -0.1) is 0 Å². The number of aryl methyl sites for hydroxylation is 2. The number of aromatic nitrogens is 1. The third-order valence-electron chi connectivity index (χ3n) is 4.34. The molecule has 25 heavy (non-hydrogen) atoms. The number of fused-ring (bicyclic) bond motifs is 1. The average molecular weight is 336 g/mol. The van der Waals surface area contributed by atoms with Crippen molar-refractivity contribution in [2.24, 2.45) is 0 Å². The highest BCUT2D eigenvalue weighted by atomic mass is 16.5. The van der Waals surface area contributed by atoms with Crippen LogP contribution >= 0.6 is 0 Å². The van der Waals surface area contributed by atoms with Crippen molar-refractivity contribution in [2.45, 2.75) is 20.4 Å². The summed E-state index contributed by atoms with van der Waals surface area (Å²) in [5, 5.41) is 3.91. The number of amides is 1. The van der Waals surface area contributed by atoms with E-state index in [4.69, 9.17) is 4.74 Å². The van der Waals surface area contributed by atoms with Gasteiger partial charge in [-0.25, -0.2) is 4.79 Å². The van der Waals surface area contributed by atoms with E-state index in [1.54, 1.807) is 24.3 Å². The van der Waals surface area contributed by atoms with Crippen LogP contribution in [0.25, 0.3) is 10.9 Å². The number of hydrogen-bond acceptors (Lipinski definition) is 3. The van der Waals surface area contributed by atoms with Crippen LogP contribution in [0.15, 0.2) is 48.5 Å². The van der Waals surface area contributed by atoms with Gasteiger partial charge in [-0.1, -0.05) is 30.3 Å². The summed E-state index contributed by atoms with van der Waals surface area (Å²) in [5.74, 6) is -0.726. The molecule has 0 bridgehead atoms. The molecule has 128 valence electrons. The molecular formula is C20H20N2O3. The lowest BCUT2D eigenvalue weighted by Gasteiger charge is -2.12. The van der Waals surface area contributed by atoms with Crippen molar-refractivity contribution in [2.75, 3.05) is 12.4 Å². The van der Waals surface area contributed by atoms with Gasteiger partial charge >= 0.3 is 5.97 Å². The van der Waals surface area contributed by atoms with E-state index < -0.39 is 5.97 Å². The van der Waals surface area contributed by atoms with E-state index in [1.165, 1.54) is 7.11 Å². The standard InChI is InChI=1S/C20H20N2O3/c1-4-22-17-12-8-6-9-14(17)13(2)18(22)19(23)21-16-11-7-5-10-15(16)20(24)25-3/h5-12H,4H2,1-3H3,(H,21,23). The van der Waals surface area contributed by atoms with Crippen LogP contribution in [0.3, 0.4) is 0 Å². The molecule has 0 spiro atoms. The lowest BCUT2D eigenvalue weighted by atomic mass is 10.1. The van der Waals surface area contributed by atoms with Gasteiger partial charge in [0.05, 0.1) is 18.4 Å². The summed E-state index contributed by atoms with van der Waals surface area (Å²) in [4.78, 5) is 24.9. The van der Waals surface area contributed by atoms with Crippen LogP contribution in [-0.2, 0) is 11.3 Å². The van der Waals surface area contributed by atoms with E-state index >= 15 is 0 Å². The molecule has 0 aliphatic carbocycles. The highest BCUT2D eigenvalue weighted by Crippen LogP contribution is 2.27. The van der Waals surface area contributed by atoms with Gasteiger partial charge in [0, 0.05) is 17.4 Å². The molecule has 0 saturated heterocycles. The highest BCUT2D eigenvalue weighted by molar-refractivity contribution is 6.10. The van der Waals surface area contributed by atoms with E-state index in [0.29, 0.717) is 23.5 Å². The second-order valence-corrected chi connectivity index (χ2v) is 5.73. The molecule has 0 radical (unpaired) electrons. The van der Waals surface area contributed by atoms with Crippen LogP contribution in [0, 0.1) is 6.92 Å². The van der Waals surface area contributed by atoms with Crippen molar-refractivity contribution in [3.05, 3.63) is 65.4 Å². The maximum atomic E-state index is 13.0. The first-order chi connectivity index (χ1) is 12.1. The molecule has 2 aromatic carbocycles. The fourth-order valence-electron chi connectivity index (χ4n) is 3.16. The van der Waals surface area contributed by atoms with Crippen LogP contribution < -0.4 is 5.32 Å². The normalized spacial score (nSPS) is 10.7. The summed E-state index contributed by atoms with van der Waals surface area (Å²) in [5.41, 5.74) is 3.31. The van der Waals surface area contributed by atoms with Crippen LogP contribution in [0.2, 0.25) is 0 Å². The molecule has 0 aliphatic rings. The predicted molar refractivity (Wildman–Crippen MR) is 98.1 cm³/mol. The first kappa shape index (κ1) is 16.8. The van der Waals surface area contributed by atoms with Crippen LogP contribution in [-0.4, -0.2) is 23.6 Å². The Morgan fingerprint density at radius 1 is 1.08 bits per heavy atom. The Hall–Kier alpha value is -3.08. The Balaban J connectivity index is 2.05. The van der Waals surface area contributed by atoms with Crippen molar-refractivity contribution in [1.82, 2.24) is 4.57 Å². The molecule has 1 aromatic heterocycles. The van der Waals surface area contributed by atoms with Crippen LogP contribution in [0.4, 0.5) is 5.69 Å². The van der Waals surface area contributed by atoms with Gasteiger partial charge in [0.15, 0.2) is 0 Å². The van der Waals surface area contributed by atoms with E-state index in [9.17, 15) is 9.59 Å². The number of hydrogen-bond donors (Lipinski definition) is 1. The Labute approximate surface area is 146 Å². The summed E-state index contributed by atoms with van der Waals surface area (Å²) in [6, 6.07) is 14.8. The van der Waals surface area contributed by atoms with E-state index in [-0.39, 0.29) is 5.91 Å². The molecule has 0 unspecified atom stereocenters. The van der Waals surface area contributed by atoms with Gasteiger partial charge in [0.2, 0.25) is 0 Å². The van der Waals surface area contributed by atoms with Crippen LogP contribution in [0.5, 0.6) is 0 Å². The molecule has 3 rings (SSSR count). The summed E-state index contributed by atoms with van der Waals surface area (Å²) < 4.78 is 6.77. The van der Waals surface area contributed by atoms with Crippen LogP contribution in [0.1, 0.15) is 33.3 Å². The molecule has 5 heteroatoms. The summed E-state index contributed by atoms with van der Waals surface area (Å²) >= 11 is 0. The summed E-state index contributed by atoms with van der Waals surface area (Å²) in [7, 11) is 1.32. The van der Waals surface area contributed by atoms with Gasteiger partial charge in [0.25, 0.3) is 5.91 Å². The van der Waals surface area contributed by atoms with Gasteiger partial charge < -0.3 is 14.6 Å². The van der Waals surface area contributed by atoms with Gasteiger partial charge in [-0.3, -0.25) is 4.79 Å². The highest BCUT2D eigenvalue weighted by Gasteiger charge is 2.21. The average Bonchev–Trinajstić information content (AvgIpc) is 2.94. The maximum absolute atomic E-state index is 13.0. The topological polar surface area (TPSA) is 60.3 Å². The minimum atomic E-state index is -0.483. The molecule has 3 aromatic rings. The molecule has 1 heterocycles. The number of carbonyl (C=O) groups excluding carboxylic acids is 2. The smallest absolute Gasteiger partial charge is 0.339 e. The molecule has 0 fully saturated rings. The number of nitrogens with zero attached hydrogens (tertiary/aromatic N) is 1. The van der Waals surface area contributed by atoms with E-state index in [2.05, 4.69) is 5.32 Å². The molecule has 1 N–H and O–H groups in total. The number of ether oxygens (including phenoxy) is 1. The zero-order chi connectivity index (χ0) is 18.0. The fraction of sp³-hybridized carbons (Fsp3) is 0.200. The van der Waals surface area contributed by atoms with Crippen molar-refractivity contribution in [3.8, 4) is 0 Å². The third-order valence-corrected chi connectivity index (χ3v) is 4.34. The second-order valence-electron chi connectivity index (χ2n) is 5.73. The van der Waals surface area contributed by atoms with Gasteiger partial charge in [-0.2, -0.15) is 0 Å². The van der Waals surface area contributed by atoms with E-state index in [1.807, 2.05) is 42.7 Å². The first-order valence-electron chi connectivity index (χ1n) is 8.15. The van der Waals surface area contributed by atoms with Crippen molar-refractivity contribution < 1.29 is 14.3 Å². The SMILES string of the molecule is CCn1c(C(=O)Nc2ccccc2C(=O)OC)c(C)c2ccccc21. The molecular weight excluding hydrogens is 316 g/mol. The molecule has 0 atom stereocenters. The number of para-hydroxylation sites is 2. The Kier molecular flexibility index (Phi) is 4.57. The minimum absolute atomic E-state index is 0.244. The number of benzene rings is 2. The lowest BCUT2D eigenvalue weighted by molar-refractivity contribution is 0.0602. The van der Waals surface area contributed by atoms with Gasteiger partial charge in [-0.05, 0) is 37.6 Å². The fourth-order valence-corrected chi connectivity index (χ4v) is 3.16. The number of carbonyl (C=O) groups is 2. The first-order valence-corrected chi connectivity index (χ1v) is 8.15. The molecule has 0 saturated carbocycles. The maximum Gasteiger partial charge on any atom is 0.339 e. The Morgan fingerprint density at radius 2 is 1.76 bits per heavy atom. The second kappa shape index (κ2) is 6.81. The van der Waals surface area contributed by atoms with Crippen molar-refractivity contribution in [1.29, 1.82) is 0 Å². The van der Waals surface area contributed by atoms with Crippen molar-refractivity contribution in [3.63, 3.8) is 0 Å². The number of rotatable bonds is 4. The number of methoxy groups -OCH3 is 1. The quantitative estimate of drug-likeness (QED) is 0.732. The van der Waals surface area contributed by atoms with Gasteiger partial charge in [0.1, 0.15) is 5.69 Å². The Bertz CT molecular complexity index is 957. The predicted octanol–water partition coefficient (Wildman–Crippen LogP) is 4.01. The Morgan fingerprint density at radius 3 is 2.48 bits per heavy atom. The number of esters is 1. The number of anilines is 1. The summed E-state index contributed by atoms with van der Waals surface area (Å²) in [6.07, 6.45) is 0.